The first-order valence-electron chi connectivity index (χ1n) is 9.90. The zero-order valence-electron chi connectivity index (χ0n) is 16.3. The summed E-state index contributed by atoms with van der Waals surface area (Å²) in [6.07, 6.45) is 3.53. The van der Waals surface area contributed by atoms with Crippen LogP contribution in [0.3, 0.4) is 0 Å². The number of hydrogen-bond acceptors (Lipinski definition) is 7. The van der Waals surface area contributed by atoms with Crippen LogP contribution in [0.5, 0.6) is 5.75 Å². The summed E-state index contributed by atoms with van der Waals surface area (Å²) in [6.45, 7) is 5.09. The topological polar surface area (TPSA) is 81.2 Å². The molecule has 8 heteroatoms. The summed E-state index contributed by atoms with van der Waals surface area (Å²) in [5, 5.41) is 0. The Morgan fingerprint density at radius 1 is 1.29 bits per heavy atom. The molecule has 4 heterocycles. The number of nitrogens with zero attached hydrogens (tertiary/aromatic N) is 3. The van der Waals surface area contributed by atoms with E-state index in [1.807, 2.05) is 0 Å². The van der Waals surface area contributed by atoms with Crippen LogP contribution in [0.25, 0.3) is 0 Å². The number of rotatable bonds is 4. The lowest BCUT2D eigenvalue weighted by atomic mass is 9.76. The molecule has 4 rings (SSSR count). The molecule has 0 N–H and O–H groups in total. The van der Waals surface area contributed by atoms with Gasteiger partial charge in [0.2, 0.25) is 0 Å². The van der Waals surface area contributed by atoms with Gasteiger partial charge < -0.3 is 19.1 Å². The highest BCUT2D eigenvalue weighted by atomic mass is 16.6. The summed E-state index contributed by atoms with van der Waals surface area (Å²) in [7, 11) is 1.56. The summed E-state index contributed by atoms with van der Waals surface area (Å²) in [6, 6.07) is 3.36. The molecule has 1 unspecified atom stereocenters. The van der Waals surface area contributed by atoms with Gasteiger partial charge in [0.05, 0.1) is 25.7 Å². The van der Waals surface area contributed by atoms with Crippen molar-refractivity contribution in [3.05, 3.63) is 24.0 Å². The van der Waals surface area contributed by atoms with Gasteiger partial charge >= 0.3 is 5.97 Å². The van der Waals surface area contributed by atoms with Crippen LogP contribution in [0.2, 0.25) is 0 Å². The summed E-state index contributed by atoms with van der Waals surface area (Å²) in [5.74, 6) is 0.388. The number of pyridine rings is 1. The third-order valence-electron chi connectivity index (χ3n) is 6.08. The number of carbonyl (C=O) groups is 2. The van der Waals surface area contributed by atoms with Crippen molar-refractivity contribution in [1.82, 2.24) is 14.8 Å². The van der Waals surface area contributed by atoms with E-state index in [0.717, 1.165) is 39.3 Å². The van der Waals surface area contributed by atoms with Gasteiger partial charge in [-0.15, -0.1) is 0 Å². The van der Waals surface area contributed by atoms with Crippen molar-refractivity contribution in [2.75, 3.05) is 53.0 Å². The molecule has 0 radical (unpaired) electrons. The smallest absolute Gasteiger partial charge is 0.312 e. The van der Waals surface area contributed by atoms with E-state index in [-0.39, 0.29) is 18.0 Å². The maximum atomic E-state index is 12.8. The van der Waals surface area contributed by atoms with E-state index in [9.17, 15) is 9.59 Å². The quantitative estimate of drug-likeness (QED) is 0.710. The van der Waals surface area contributed by atoms with E-state index in [2.05, 4.69) is 9.88 Å². The van der Waals surface area contributed by atoms with E-state index in [4.69, 9.17) is 14.2 Å². The largest absolute Gasteiger partial charge is 0.497 e. The van der Waals surface area contributed by atoms with Gasteiger partial charge in [0.15, 0.2) is 0 Å². The number of esters is 1. The molecule has 3 aliphatic rings. The van der Waals surface area contributed by atoms with Gasteiger partial charge in [0, 0.05) is 51.4 Å². The minimum atomic E-state index is -0.449. The Morgan fingerprint density at radius 3 is 2.75 bits per heavy atom. The fourth-order valence-electron chi connectivity index (χ4n) is 4.37. The standard InChI is InChI=1S/C20H27N3O5/c1-26-15-2-5-21-17(12-15)18(24)23-6-3-20(4-7-23)13-16(28-19(20)25)14-22-8-10-27-11-9-22/h2,5,12,16H,3-4,6-11,13-14H2,1H3. The van der Waals surface area contributed by atoms with E-state index >= 15 is 0 Å². The number of carbonyl (C=O) groups excluding carboxylic acids is 2. The molecule has 1 aromatic rings. The highest BCUT2D eigenvalue weighted by molar-refractivity contribution is 5.93. The normalized spacial score (nSPS) is 25.0. The van der Waals surface area contributed by atoms with Crippen molar-refractivity contribution in [3.8, 4) is 5.75 Å². The van der Waals surface area contributed by atoms with Crippen molar-refractivity contribution in [1.29, 1.82) is 0 Å². The maximum Gasteiger partial charge on any atom is 0.312 e. The second-order valence-electron chi connectivity index (χ2n) is 7.80. The van der Waals surface area contributed by atoms with Crippen LogP contribution >= 0.6 is 0 Å². The lowest BCUT2D eigenvalue weighted by Crippen LogP contribution is -2.45. The Bertz CT molecular complexity index is 726. The predicted octanol–water partition coefficient (Wildman–Crippen LogP) is 0.960. The van der Waals surface area contributed by atoms with Gasteiger partial charge in [0.25, 0.3) is 5.91 Å². The van der Waals surface area contributed by atoms with Gasteiger partial charge in [-0.05, 0) is 18.9 Å². The summed E-state index contributed by atoms with van der Waals surface area (Å²) < 4.78 is 16.3. The molecule has 1 spiro atoms. The van der Waals surface area contributed by atoms with Gasteiger partial charge in [-0.25, -0.2) is 0 Å². The van der Waals surface area contributed by atoms with E-state index in [0.29, 0.717) is 37.4 Å². The Balaban J connectivity index is 1.35. The number of amides is 1. The molecule has 1 aromatic heterocycles. The Labute approximate surface area is 164 Å². The first-order valence-corrected chi connectivity index (χ1v) is 9.90. The number of likely N-dealkylation sites (tertiary alicyclic amines) is 1. The number of aromatic nitrogens is 1. The van der Waals surface area contributed by atoms with Crippen LogP contribution in [-0.4, -0.2) is 85.8 Å². The molecule has 0 bridgehead atoms. The SMILES string of the molecule is COc1ccnc(C(=O)N2CCC3(CC2)CC(CN2CCOCC2)OC3=O)c1. The Kier molecular flexibility index (Phi) is 5.50. The van der Waals surface area contributed by atoms with Crippen LogP contribution in [0.4, 0.5) is 0 Å². The molecule has 1 atom stereocenters. The van der Waals surface area contributed by atoms with Crippen LogP contribution in [-0.2, 0) is 14.3 Å². The third-order valence-corrected chi connectivity index (χ3v) is 6.08. The molecular formula is C20H27N3O5. The fraction of sp³-hybridized carbons (Fsp3) is 0.650. The van der Waals surface area contributed by atoms with Crippen LogP contribution in [0.15, 0.2) is 18.3 Å². The predicted molar refractivity (Wildman–Crippen MR) is 100 cm³/mol. The fourth-order valence-corrected chi connectivity index (χ4v) is 4.37. The number of hydrogen-bond donors (Lipinski definition) is 0. The highest BCUT2D eigenvalue weighted by Crippen LogP contribution is 2.43. The number of piperidine rings is 1. The number of morpholine rings is 1. The monoisotopic (exact) mass is 389 g/mol. The average molecular weight is 389 g/mol. The molecule has 3 saturated heterocycles. The zero-order valence-corrected chi connectivity index (χ0v) is 16.3. The van der Waals surface area contributed by atoms with Crippen LogP contribution < -0.4 is 4.74 Å². The first kappa shape index (κ1) is 19.1. The van der Waals surface area contributed by atoms with Crippen molar-refractivity contribution >= 4 is 11.9 Å². The Hall–Kier alpha value is -2.19. The molecule has 8 nitrogen and oxygen atoms in total. The molecule has 0 aromatic carbocycles. The van der Waals surface area contributed by atoms with Crippen molar-refractivity contribution in [2.24, 2.45) is 5.41 Å². The molecule has 3 fully saturated rings. The van der Waals surface area contributed by atoms with Crippen molar-refractivity contribution in [2.45, 2.75) is 25.4 Å². The molecule has 1 amide bonds. The van der Waals surface area contributed by atoms with Gasteiger partial charge in [-0.3, -0.25) is 19.5 Å². The third kappa shape index (κ3) is 3.84. The minimum absolute atomic E-state index is 0.0621. The molecule has 0 aliphatic carbocycles. The second-order valence-corrected chi connectivity index (χ2v) is 7.80. The average Bonchev–Trinajstić information content (AvgIpc) is 3.03. The lowest BCUT2D eigenvalue weighted by molar-refractivity contribution is -0.151. The molecule has 152 valence electrons. The van der Waals surface area contributed by atoms with Crippen molar-refractivity contribution < 1.29 is 23.8 Å². The van der Waals surface area contributed by atoms with E-state index in [1.54, 1.807) is 30.3 Å². The number of ether oxygens (including phenoxy) is 3. The summed E-state index contributed by atoms with van der Waals surface area (Å²) in [4.78, 5) is 33.6. The Morgan fingerprint density at radius 2 is 2.04 bits per heavy atom. The second kappa shape index (κ2) is 8.05. The van der Waals surface area contributed by atoms with E-state index in [1.165, 1.54) is 0 Å². The van der Waals surface area contributed by atoms with Gasteiger partial charge in [-0.1, -0.05) is 0 Å². The number of cyclic esters (lactones) is 1. The van der Waals surface area contributed by atoms with Gasteiger partial charge in [0.1, 0.15) is 17.5 Å². The minimum Gasteiger partial charge on any atom is -0.497 e. The first-order chi connectivity index (χ1) is 13.6. The highest BCUT2D eigenvalue weighted by Gasteiger charge is 2.51. The number of methoxy groups -OCH3 is 1. The molecule has 0 saturated carbocycles. The van der Waals surface area contributed by atoms with Crippen molar-refractivity contribution in [3.63, 3.8) is 0 Å². The summed E-state index contributed by atoms with van der Waals surface area (Å²) >= 11 is 0. The molecule has 3 aliphatic heterocycles. The molecular weight excluding hydrogens is 362 g/mol. The summed E-state index contributed by atoms with van der Waals surface area (Å²) in [5.41, 5.74) is -0.0790. The lowest BCUT2D eigenvalue weighted by Gasteiger charge is -2.36. The van der Waals surface area contributed by atoms with Gasteiger partial charge in [-0.2, -0.15) is 0 Å². The van der Waals surface area contributed by atoms with Crippen LogP contribution in [0.1, 0.15) is 29.8 Å². The van der Waals surface area contributed by atoms with Crippen LogP contribution in [0, 0.1) is 5.41 Å². The zero-order chi connectivity index (χ0) is 19.6. The maximum absolute atomic E-state index is 12.8. The van der Waals surface area contributed by atoms with E-state index < -0.39 is 5.41 Å². The molecule has 28 heavy (non-hydrogen) atoms.